The van der Waals surface area contributed by atoms with Gasteiger partial charge < -0.3 is 10.2 Å². The fourth-order valence-electron chi connectivity index (χ4n) is 2.36. The monoisotopic (exact) mass is 317 g/mol. The number of nitrogens with zero attached hydrogens (tertiary/aromatic N) is 2. The van der Waals surface area contributed by atoms with Gasteiger partial charge in [-0.1, -0.05) is 30.3 Å². The van der Waals surface area contributed by atoms with Crippen molar-refractivity contribution in [1.82, 2.24) is 4.90 Å². The van der Waals surface area contributed by atoms with Crippen LogP contribution in [0.25, 0.3) is 0 Å². The highest BCUT2D eigenvalue weighted by atomic mass is 19.1. The zero-order chi connectivity index (χ0) is 16.8. The molecular weight excluding hydrogens is 297 g/mol. The van der Waals surface area contributed by atoms with Crippen molar-refractivity contribution in [3.63, 3.8) is 0 Å². The van der Waals surface area contributed by atoms with E-state index in [1.807, 2.05) is 32.3 Å². The summed E-state index contributed by atoms with van der Waals surface area (Å²) in [5.41, 5.74) is 1.28. The maximum Gasteiger partial charge on any atom is 0.295 e. The van der Waals surface area contributed by atoms with Gasteiger partial charge in [-0.15, -0.1) is 0 Å². The minimum atomic E-state index is -0.615. The number of hydrogen-bond donors (Lipinski definition) is 1. The van der Waals surface area contributed by atoms with Crippen LogP contribution in [-0.4, -0.2) is 36.5 Å². The summed E-state index contributed by atoms with van der Waals surface area (Å²) in [7, 11) is 3.93. The van der Waals surface area contributed by atoms with Gasteiger partial charge in [0.15, 0.2) is 0 Å². The molecule has 0 radical (unpaired) electrons. The van der Waals surface area contributed by atoms with E-state index in [9.17, 15) is 14.5 Å². The molecule has 0 heterocycles. The molecule has 0 aliphatic rings. The fraction of sp³-hybridized carbons (Fsp3) is 0.294. The van der Waals surface area contributed by atoms with E-state index in [1.165, 1.54) is 17.7 Å². The van der Waals surface area contributed by atoms with E-state index in [0.29, 0.717) is 12.2 Å². The zero-order valence-corrected chi connectivity index (χ0v) is 13.2. The largest absolute Gasteiger partial charge is 0.378 e. The Balaban J connectivity index is 2.09. The Kier molecular flexibility index (Phi) is 5.65. The van der Waals surface area contributed by atoms with Crippen molar-refractivity contribution >= 4 is 11.4 Å². The average Bonchev–Trinajstić information content (AvgIpc) is 2.52. The van der Waals surface area contributed by atoms with Gasteiger partial charge in [-0.25, -0.2) is 4.39 Å². The Morgan fingerprint density at radius 1 is 1.22 bits per heavy atom. The first-order chi connectivity index (χ1) is 11.0. The molecule has 0 aliphatic heterocycles. The molecular formula is C17H20FN3O2. The lowest BCUT2D eigenvalue weighted by atomic mass is 10.1. The summed E-state index contributed by atoms with van der Waals surface area (Å²) in [5, 5.41) is 14.1. The van der Waals surface area contributed by atoms with Gasteiger partial charge in [-0.3, -0.25) is 10.1 Å². The second-order valence-electron chi connectivity index (χ2n) is 5.61. The third kappa shape index (κ3) is 4.75. The molecule has 6 heteroatoms. The molecule has 1 atom stereocenters. The summed E-state index contributed by atoms with van der Waals surface area (Å²) in [6.07, 6.45) is 0.815. The number of benzene rings is 2. The van der Waals surface area contributed by atoms with Gasteiger partial charge in [0.25, 0.3) is 5.69 Å². The smallest absolute Gasteiger partial charge is 0.295 e. The van der Waals surface area contributed by atoms with Crippen LogP contribution in [0.5, 0.6) is 0 Å². The van der Waals surface area contributed by atoms with Gasteiger partial charge >= 0.3 is 0 Å². The highest BCUT2D eigenvalue weighted by Crippen LogP contribution is 2.25. The molecule has 2 aromatic carbocycles. The molecule has 0 aliphatic carbocycles. The average molecular weight is 317 g/mol. The van der Waals surface area contributed by atoms with Crippen molar-refractivity contribution in [1.29, 1.82) is 0 Å². The molecule has 2 rings (SSSR count). The first-order valence-corrected chi connectivity index (χ1v) is 7.35. The number of hydrogen-bond acceptors (Lipinski definition) is 4. The minimum absolute atomic E-state index is 0.155. The quantitative estimate of drug-likeness (QED) is 0.629. The van der Waals surface area contributed by atoms with Gasteiger partial charge in [-0.2, -0.15) is 0 Å². The van der Waals surface area contributed by atoms with E-state index in [0.717, 1.165) is 12.5 Å². The van der Waals surface area contributed by atoms with E-state index in [2.05, 4.69) is 22.3 Å². The first-order valence-electron chi connectivity index (χ1n) is 7.35. The molecule has 122 valence electrons. The number of rotatable bonds is 7. The Labute approximate surface area is 134 Å². The predicted molar refractivity (Wildman–Crippen MR) is 89.2 cm³/mol. The Morgan fingerprint density at radius 3 is 2.52 bits per heavy atom. The second kappa shape index (κ2) is 7.69. The van der Waals surface area contributed by atoms with E-state index in [1.54, 1.807) is 0 Å². The van der Waals surface area contributed by atoms with E-state index >= 15 is 0 Å². The van der Waals surface area contributed by atoms with Gasteiger partial charge in [0.1, 0.15) is 11.5 Å². The van der Waals surface area contributed by atoms with Crippen molar-refractivity contribution in [3.05, 3.63) is 70.0 Å². The molecule has 5 nitrogen and oxygen atoms in total. The SMILES string of the molecule is CN(C)C(CNc1ccc(F)cc1[N+](=O)[O-])Cc1ccccc1. The van der Waals surface area contributed by atoms with Gasteiger partial charge in [-0.05, 0) is 38.2 Å². The van der Waals surface area contributed by atoms with Crippen LogP contribution >= 0.6 is 0 Å². The van der Waals surface area contributed by atoms with Gasteiger partial charge in [0.05, 0.1) is 11.0 Å². The summed E-state index contributed by atoms with van der Waals surface area (Å²) in [6, 6.07) is 13.8. The second-order valence-corrected chi connectivity index (χ2v) is 5.61. The Morgan fingerprint density at radius 2 is 1.91 bits per heavy atom. The molecule has 0 bridgehead atoms. The highest BCUT2D eigenvalue weighted by Gasteiger charge is 2.17. The fourth-order valence-corrected chi connectivity index (χ4v) is 2.36. The normalized spacial score (nSPS) is 12.2. The van der Waals surface area contributed by atoms with Crippen LogP contribution in [0.1, 0.15) is 5.56 Å². The molecule has 1 N–H and O–H groups in total. The third-order valence-electron chi connectivity index (χ3n) is 3.73. The van der Waals surface area contributed by atoms with E-state index in [4.69, 9.17) is 0 Å². The molecule has 0 fully saturated rings. The topological polar surface area (TPSA) is 58.4 Å². The summed E-state index contributed by atoms with van der Waals surface area (Å²) < 4.78 is 13.2. The molecule has 0 spiro atoms. The number of anilines is 1. The summed E-state index contributed by atoms with van der Waals surface area (Å²) in [6.45, 7) is 0.522. The zero-order valence-electron chi connectivity index (χ0n) is 13.2. The molecule has 0 saturated carbocycles. The molecule has 1 unspecified atom stereocenters. The lowest BCUT2D eigenvalue weighted by Gasteiger charge is -2.25. The van der Waals surface area contributed by atoms with Gasteiger partial charge in [0, 0.05) is 12.6 Å². The molecule has 0 aromatic heterocycles. The standard InChI is InChI=1S/C17H20FN3O2/c1-20(2)15(10-13-6-4-3-5-7-13)12-19-16-9-8-14(18)11-17(16)21(22)23/h3-9,11,15,19H,10,12H2,1-2H3. The highest BCUT2D eigenvalue weighted by molar-refractivity contribution is 5.61. The lowest BCUT2D eigenvalue weighted by Crippen LogP contribution is -2.36. The van der Waals surface area contributed by atoms with Crippen LogP contribution < -0.4 is 5.32 Å². The molecule has 23 heavy (non-hydrogen) atoms. The first kappa shape index (κ1) is 16.9. The summed E-state index contributed by atoms with van der Waals surface area (Å²) >= 11 is 0. The number of nitro benzene ring substituents is 1. The maximum absolute atomic E-state index is 13.2. The van der Waals surface area contributed by atoms with Crippen LogP contribution in [0.15, 0.2) is 48.5 Å². The van der Waals surface area contributed by atoms with Gasteiger partial charge in [0.2, 0.25) is 0 Å². The third-order valence-corrected chi connectivity index (χ3v) is 3.73. The number of nitrogens with one attached hydrogen (secondary N) is 1. The predicted octanol–water partition coefficient (Wildman–Crippen LogP) is 3.32. The lowest BCUT2D eigenvalue weighted by molar-refractivity contribution is -0.384. The summed E-state index contributed by atoms with van der Waals surface area (Å²) in [5.74, 6) is -0.615. The molecule has 0 amide bonds. The van der Waals surface area contributed by atoms with Crippen molar-refractivity contribution in [2.75, 3.05) is 26.0 Å². The maximum atomic E-state index is 13.2. The van der Waals surface area contributed by atoms with Crippen LogP contribution in [-0.2, 0) is 6.42 Å². The van der Waals surface area contributed by atoms with Crippen molar-refractivity contribution in [2.45, 2.75) is 12.5 Å². The minimum Gasteiger partial charge on any atom is -0.378 e. The van der Waals surface area contributed by atoms with Crippen molar-refractivity contribution in [3.8, 4) is 0 Å². The number of likely N-dealkylation sites (N-methyl/N-ethyl adjacent to an activating group) is 1. The van der Waals surface area contributed by atoms with Crippen LogP contribution in [0.4, 0.5) is 15.8 Å². The molecule has 0 saturated heterocycles. The van der Waals surface area contributed by atoms with Crippen LogP contribution in [0, 0.1) is 15.9 Å². The van der Waals surface area contributed by atoms with Crippen molar-refractivity contribution < 1.29 is 9.31 Å². The number of halogens is 1. The van der Waals surface area contributed by atoms with Crippen LogP contribution in [0.2, 0.25) is 0 Å². The molecule has 2 aromatic rings. The van der Waals surface area contributed by atoms with Crippen molar-refractivity contribution in [2.24, 2.45) is 0 Å². The Hall–Kier alpha value is -2.47. The summed E-state index contributed by atoms with van der Waals surface area (Å²) in [4.78, 5) is 12.5. The number of nitro groups is 1. The van der Waals surface area contributed by atoms with E-state index < -0.39 is 10.7 Å². The van der Waals surface area contributed by atoms with Crippen LogP contribution in [0.3, 0.4) is 0 Å². The Bertz CT molecular complexity index is 662. The van der Waals surface area contributed by atoms with E-state index in [-0.39, 0.29) is 11.7 Å².